The minimum Gasteiger partial charge on any atom is -0.484 e. The molecule has 11 heteroatoms. The number of nitro groups is 1. The first kappa shape index (κ1) is 25.9. The normalized spacial score (nSPS) is 14.2. The molecule has 0 radical (unpaired) electrons. The van der Waals surface area contributed by atoms with Crippen LogP contribution in [0.4, 0.5) is 16.2 Å². The van der Waals surface area contributed by atoms with Gasteiger partial charge in [0, 0.05) is 22.3 Å². The molecule has 3 amide bonds. The first-order valence-electron chi connectivity index (χ1n) is 11.0. The number of ether oxygens (including phenoxy) is 1. The summed E-state index contributed by atoms with van der Waals surface area (Å²) < 4.78 is 5.52. The number of hydrogen-bond acceptors (Lipinski definition) is 7. The highest BCUT2D eigenvalue weighted by atomic mass is 35.5. The van der Waals surface area contributed by atoms with Gasteiger partial charge in [0.05, 0.1) is 16.4 Å². The molecule has 1 aliphatic rings. The van der Waals surface area contributed by atoms with Crippen molar-refractivity contribution in [3.63, 3.8) is 0 Å². The Balaban J connectivity index is 1.36. The third-order valence-electron chi connectivity index (χ3n) is 5.39. The van der Waals surface area contributed by atoms with Crippen LogP contribution >= 0.6 is 23.4 Å². The molecule has 37 heavy (non-hydrogen) atoms. The first-order chi connectivity index (χ1) is 17.7. The fourth-order valence-corrected chi connectivity index (χ4v) is 4.48. The van der Waals surface area contributed by atoms with Crippen LogP contribution in [-0.4, -0.2) is 33.5 Å². The number of anilines is 1. The van der Waals surface area contributed by atoms with Crippen molar-refractivity contribution in [2.24, 2.45) is 0 Å². The van der Waals surface area contributed by atoms with E-state index < -0.39 is 16.1 Å². The number of imide groups is 1. The molecule has 0 saturated carbocycles. The number of aryl methyl sites for hydroxylation is 1. The van der Waals surface area contributed by atoms with Gasteiger partial charge in [0.2, 0.25) is 0 Å². The summed E-state index contributed by atoms with van der Waals surface area (Å²) in [5.74, 6) is -0.434. The third kappa shape index (κ3) is 6.35. The molecule has 9 nitrogen and oxygen atoms in total. The summed E-state index contributed by atoms with van der Waals surface area (Å²) in [6.45, 7) is 1.46. The van der Waals surface area contributed by atoms with Crippen LogP contribution < -0.4 is 10.1 Å². The third-order valence-corrected chi connectivity index (χ3v) is 6.71. The van der Waals surface area contributed by atoms with Crippen molar-refractivity contribution in [3.05, 3.63) is 103 Å². The number of nitro benzene ring substituents is 1. The smallest absolute Gasteiger partial charge is 0.293 e. The summed E-state index contributed by atoms with van der Waals surface area (Å²) >= 11 is 6.84. The number of nitrogens with zero attached hydrogens (tertiary/aromatic N) is 2. The molecule has 0 unspecified atom stereocenters. The molecule has 1 heterocycles. The van der Waals surface area contributed by atoms with Crippen LogP contribution in [0.1, 0.15) is 16.7 Å². The van der Waals surface area contributed by atoms with Crippen molar-refractivity contribution >= 4 is 57.9 Å². The average molecular weight is 538 g/mol. The van der Waals surface area contributed by atoms with Crippen LogP contribution in [0.5, 0.6) is 5.75 Å². The van der Waals surface area contributed by atoms with Gasteiger partial charge >= 0.3 is 0 Å². The summed E-state index contributed by atoms with van der Waals surface area (Å²) in [7, 11) is 0. The van der Waals surface area contributed by atoms with Crippen molar-refractivity contribution in [3.8, 4) is 5.75 Å². The molecule has 1 fully saturated rings. The van der Waals surface area contributed by atoms with Gasteiger partial charge in [-0.15, -0.1) is 0 Å². The van der Waals surface area contributed by atoms with Gasteiger partial charge in [-0.25, -0.2) is 0 Å². The molecule has 0 aliphatic carbocycles. The molecule has 0 aromatic heterocycles. The first-order valence-corrected chi connectivity index (χ1v) is 12.2. The summed E-state index contributed by atoms with van der Waals surface area (Å²) in [4.78, 5) is 49.3. The van der Waals surface area contributed by atoms with Gasteiger partial charge in [-0.3, -0.25) is 29.4 Å². The zero-order chi connectivity index (χ0) is 26.5. The van der Waals surface area contributed by atoms with E-state index in [2.05, 4.69) is 5.32 Å². The topological polar surface area (TPSA) is 119 Å². The SMILES string of the molecule is Cc1ccc(NC(=O)COc2ccc(/C=C3\SC(=O)N(Cc4ccccc4[N+](=O)[O-])C3=O)cc2)cc1Cl. The summed E-state index contributed by atoms with van der Waals surface area (Å²) in [6, 6.07) is 17.8. The predicted octanol–water partition coefficient (Wildman–Crippen LogP) is 5.81. The molecule has 0 atom stereocenters. The van der Waals surface area contributed by atoms with Gasteiger partial charge in [0.1, 0.15) is 5.75 Å². The highest BCUT2D eigenvalue weighted by Gasteiger charge is 2.36. The number of para-hydroxylation sites is 1. The number of carbonyl (C=O) groups excluding carboxylic acids is 3. The van der Waals surface area contributed by atoms with E-state index in [-0.39, 0.29) is 35.2 Å². The number of rotatable bonds is 8. The Labute approximate surface area is 221 Å². The van der Waals surface area contributed by atoms with Gasteiger partial charge in [0.25, 0.3) is 22.7 Å². The van der Waals surface area contributed by atoms with E-state index >= 15 is 0 Å². The van der Waals surface area contributed by atoms with Crippen LogP contribution in [-0.2, 0) is 16.1 Å². The Morgan fingerprint density at radius 2 is 1.86 bits per heavy atom. The highest BCUT2D eigenvalue weighted by Crippen LogP contribution is 2.34. The minimum atomic E-state index is -0.546. The second-order valence-electron chi connectivity index (χ2n) is 8.02. The summed E-state index contributed by atoms with van der Waals surface area (Å²) in [6.07, 6.45) is 1.56. The summed E-state index contributed by atoms with van der Waals surface area (Å²) in [5, 5.41) is 14.0. The van der Waals surface area contributed by atoms with E-state index in [0.29, 0.717) is 22.0 Å². The minimum absolute atomic E-state index is 0.155. The molecule has 1 aliphatic heterocycles. The maximum absolute atomic E-state index is 12.8. The predicted molar refractivity (Wildman–Crippen MR) is 141 cm³/mol. The largest absolute Gasteiger partial charge is 0.484 e. The van der Waals surface area contributed by atoms with Crippen molar-refractivity contribution in [1.29, 1.82) is 0 Å². The van der Waals surface area contributed by atoms with Crippen molar-refractivity contribution in [2.75, 3.05) is 11.9 Å². The van der Waals surface area contributed by atoms with Gasteiger partial charge in [-0.05, 0) is 60.2 Å². The van der Waals surface area contributed by atoms with Gasteiger partial charge in [0.15, 0.2) is 6.61 Å². The number of benzene rings is 3. The molecule has 4 rings (SSSR count). The second-order valence-corrected chi connectivity index (χ2v) is 9.42. The molecule has 1 saturated heterocycles. The van der Waals surface area contributed by atoms with Crippen LogP contribution in [0, 0.1) is 17.0 Å². The molecular formula is C26H20ClN3O6S. The quantitative estimate of drug-likeness (QED) is 0.219. The average Bonchev–Trinajstić information content (AvgIpc) is 3.13. The lowest BCUT2D eigenvalue weighted by atomic mass is 10.1. The number of amides is 3. The van der Waals surface area contributed by atoms with Crippen LogP contribution in [0.25, 0.3) is 6.08 Å². The Morgan fingerprint density at radius 3 is 2.57 bits per heavy atom. The second kappa shape index (κ2) is 11.3. The number of carbonyl (C=O) groups is 3. The molecule has 3 aromatic rings. The fraction of sp³-hybridized carbons (Fsp3) is 0.115. The number of thioether (sulfide) groups is 1. The fourth-order valence-electron chi connectivity index (χ4n) is 3.46. The van der Waals surface area contributed by atoms with Gasteiger partial charge < -0.3 is 10.1 Å². The lowest BCUT2D eigenvalue weighted by Gasteiger charge is -2.12. The van der Waals surface area contributed by atoms with E-state index in [0.717, 1.165) is 22.2 Å². The van der Waals surface area contributed by atoms with Crippen LogP contribution in [0.15, 0.2) is 71.6 Å². The van der Waals surface area contributed by atoms with Gasteiger partial charge in [-0.2, -0.15) is 0 Å². The molecule has 188 valence electrons. The van der Waals surface area contributed by atoms with E-state index in [1.807, 2.05) is 6.92 Å². The van der Waals surface area contributed by atoms with Crippen molar-refractivity contribution < 1.29 is 24.0 Å². The molecule has 1 N–H and O–H groups in total. The molecule has 0 bridgehead atoms. The van der Waals surface area contributed by atoms with E-state index in [4.69, 9.17) is 16.3 Å². The van der Waals surface area contributed by atoms with E-state index in [1.165, 1.54) is 18.2 Å². The highest BCUT2D eigenvalue weighted by molar-refractivity contribution is 8.18. The number of nitrogens with one attached hydrogen (secondary N) is 1. The van der Waals surface area contributed by atoms with Crippen LogP contribution in [0.2, 0.25) is 5.02 Å². The molecule has 3 aromatic carbocycles. The van der Waals surface area contributed by atoms with E-state index in [9.17, 15) is 24.5 Å². The standard InChI is InChI=1S/C26H20ClN3O6S/c1-16-6-9-19(13-21(16)27)28-24(31)15-36-20-10-7-17(8-11-20)12-23-25(32)29(26(33)37-23)14-18-4-2-3-5-22(18)30(34)35/h2-13H,14-15H2,1H3,(H,28,31)/b23-12-. The van der Waals surface area contributed by atoms with Crippen molar-refractivity contribution in [2.45, 2.75) is 13.5 Å². The monoisotopic (exact) mass is 537 g/mol. The van der Waals surface area contributed by atoms with Gasteiger partial charge in [-0.1, -0.05) is 48.0 Å². The Bertz CT molecular complexity index is 1420. The number of halogens is 1. The zero-order valence-electron chi connectivity index (χ0n) is 19.5. The Morgan fingerprint density at radius 1 is 1.14 bits per heavy atom. The molecular weight excluding hydrogens is 518 g/mol. The lowest BCUT2D eigenvalue weighted by molar-refractivity contribution is -0.385. The Kier molecular flexibility index (Phi) is 7.90. The maximum atomic E-state index is 12.8. The zero-order valence-corrected chi connectivity index (χ0v) is 21.0. The summed E-state index contributed by atoms with van der Waals surface area (Å²) in [5.41, 5.74) is 2.23. The number of hydrogen-bond donors (Lipinski definition) is 1. The molecule has 0 spiro atoms. The van der Waals surface area contributed by atoms with E-state index in [1.54, 1.807) is 54.6 Å². The maximum Gasteiger partial charge on any atom is 0.293 e. The van der Waals surface area contributed by atoms with Crippen LogP contribution in [0.3, 0.4) is 0 Å². The Hall–Kier alpha value is -4.15. The van der Waals surface area contributed by atoms with Crippen molar-refractivity contribution in [1.82, 2.24) is 4.90 Å². The lowest BCUT2D eigenvalue weighted by Crippen LogP contribution is -2.27.